The topological polar surface area (TPSA) is 77.6 Å². The summed E-state index contributed by atoms with van der Waals surface area (Å²) in [6.45, 7) is 0. The Balaban J connectivity index is 1.33. The maximum atomic E-state index is 12.3. The average molecular weight is 425 g/mol. The van der Waals surface area contributed by atoms with E-state index in [1.807, 2.05) is 66.6 Å². The van der Waals surface area contributed by atoms with Crippen LogP contribution in [0.4, 0.5) is 5.13 Å². The number of carbonyl (C=O) groups is 1. The lowest BCUT2D eigenvalue weighted by atomic mass is 10.2. The third-order valence-corrected chi connectivity index (χ3v) is 6.25. The Morgan fingerprint density at radius 3 is 2.72 bits per heavy atom. The molecule has 0 radical (unpaired) electrons. The number of thioether (sulfide) groups is 1. The zero-order chi connectivity index (χ0) is 20.2. The summed E-state index contributed by atoms with van der Waals surface area (Å²) in [4.78, 5) is 16.8. The van der Waals surface area contributed by atoms with Gasteiger partial charge in [0.25, 0.3) is 0 Å². The number of rotatable bonds is 7. The number of hydrogen-bond donors (Lipinski definition) is 1. The third kappa shape index (κ3) is 4.57. The Morgan fingerprint density at radius 2 is 1.97 bits per heavy atom. The van der Waals surface area contributed by atoms with Gasteiger partial charge in [-0.1, -0.05) is 42.1 Å². The first-order valence-electron chi connectivity index (χ1n) is 9.02. The molecule has 4 aromatic rings. The lowest BCUT2D eigenvalue weighted by Gasteiger charge is -2.05. The van der Waals surface area contributed by atoms with Gasteiger partial charge in [0.05, 0.1) is 11.4 Å². The van der Waals surface area contributed by atoms with Crippen molar-refractivity contribution in [3.05, 3.63) is 65.6 Å². The van der Waals surface area contributed by atoms with Gasteiger partial charge in [-0.2, -0.15) is 0 Å². The van der Waals surface area contributed by atoms with Crippen molar-refractivity contribution in [1.82, 2.24) is 24.3 Å². The monoisotopic (exact) mass is 424 g/mol. The largest absolute Gasteiger partial charge is 0.354 e. The van der Waals surface area contributed by atoms with Gasteiger partial charge < -0.3 is 14.5 Å². The summed E-state index contributed by atoms with van der Waals surface area (Å²) in [5, 5.41) is 14.6. The number of nitrogens with zero attached hydrogens (tertiary/aromatic N) is 5. The number of thiazole rings is 1. The number of aromatic nitrogens is 5. The van der Waals surface area contributed by atoms with Crippen molar-refractivity contribution in [3.63, 3.8) is 0 Å². The number of hydrogen-bond acceptors (Lipinski definition) is 6. The van der Waals surface area contributed by atoms with Crippen molar-refractivity contribution in [2.24, 2.45) is 14.1 Å². The van der Waals surface area contributed by atoms with E-state index in [-0.39, 0.29) is 11.7 Å². The van der Waals surface area contributed by atoms with Crippen LogP contribution in [-0.4, -0.2) is 36.0 Å². The van der Waals surface area contributed by atoms with Crippen molar-refractivity contribution < 1.29 is 4.79 Å². The molecule has 0 saturated carbocycles. The summed E-state index contributed by atoms with van der Waals surface area (Å²) < 4.78 is 3.99. The van der Waals surface area contributed by atoms with Crippen LogP contribution < -0.4 is 5.32 Å². The second-order valence-electron chi connectivity index (χ2n) is 6.49. The number of amides is 1. The first-order valence-corrected chi connectivity index (χ1v) is 10.9. The standard InChI is InChI=1S/C20H20N6OS2/c1-25-10-6-9-15(25)11-17-23-24-20(26(17)2)29-13-18(27)22-19-21-16(12-28-19)14-7-4-3-5-8-14/h3-10,12H,11,13H2,1-2H3,(H,21,22,27). The van der Waals surface area contributed by atoms with E-state index >= 15 is 0 Å². The smallest absolute Gasteiger partial charge is 0.236 e. The SMILES string of the molecule is Cn1cccc1Cc1nnc(SCC(=O)Nc2nc(-c3ccccc3)cs2)n1C. The van der Waals surface area contributed by atoms with Crippen molar-refractivity contribution in [2.45, 2.75) is 11.6 Å². The second kappa shape index (κ2) is 8.62. The van der Waals surface area contributed by atoms with E-state index in [4.69, 9.17) is 0 Å². The molecule has 0 spiro atoms. The Kier molecular flexibility index (Phi) is 5.77. The van der Waals surface area contributed by atoms with E-state index in [9.17, 15) is 4.79 Å². The predicted molar refractivity (Wildman–Crippen MR) is 116 cm³/mol. The number of carbonyl (C=O) groups excluding carboxylic acids is 1. The van der Waals surface area contributed by atoms with Gasteiger partial charge in [-0.3, -0.25) is 4.79 Å². The fourth-order valence-corrected chi connectivity index (χ4v) is 4.29. The highest BCUT2D eigenvalue weighted by atomic mass is 32.2. The molecule has 1 N–H and O–H groups in total. The minimum absolute atomic E-state index is 0.115. The van der Waals surface area contributed by atoms with Gasteiger partial charge in [0.1, 0.15) is 5.82 Å². The molecule has 9 heteroatoms. The fraction of sp³-hybridized carbons (Fsp3) is 0.200. The molecule has 0 unspecified atom stereocenters. The lowest BCUT2D eigenvalue weighted by Crippen LogP contribution is -2.14. The highest BCUT2D eigenvalue weighted by Gasteiger charge is 2.14. The van der Waals surface area contributed by atoms with Crippen LogP contribution in [0.3, 0.4) is 0 Å². The Labute approximate surface area is 176 Å². The molecule has 3 aromatic heterocycles. The molecule has 0 fully saturated rings. The maximum Gasteiger partial charge on any atom is 0.236 e. The van der Waals surface area contributed by atoms with Crippen molar-refractivity contribution in [3.8, 4) is 11.3 Å². The molecule has 0 bridgehead atoms. The Morgan fingerprint density at radius 1 is 1.14 bits per heavy atom. The Bertz CT molecular complexity index is 1120. The van der Waals surface area contributed by atoms with Crippen LogP contribution in [0.15, 0.2) is 59.2 Å². The summed E-state index contributed by atoms with van der Waals surface area (Å²) in [5.74, 6) is 0.995. The maximum absolute atomic E-state index is 12.3. The molecule has 148 valence electrons. The van der Waals surface area contributed by atoms with E-state index in [1.54, 1.807) is 0 Å². The lowest BCUT2D eigenvalue weighted by molar-refractivity contribution is -0.113. The van der Waals surface area contributed by atoms with Crippen LogP contribution in [0.5, 0.6) is 0 Å². The molecule has 1 aromatic carbocycles. The van der Waals surface area contributed by atoms with E-state index in [0.717, 1.165) is 22.8 Å². The number of anilines is 1. The van der Waals surface area contributed by atoms with Gasteiger partial charge in [-0.05, 0) is 12.1 Å². The summed E-state index contributed by atoms with van der Waals surface area (Å²) >= 11 is 2.78. The summed E-state index contributed by atoms with van der Waals surface area (Å²) in [5.41, 5.74) is 3.05. The molecule has 0 aliphatic rings. The first-order chi connectivity index (χ1) is 14.1. The minimum atomic E-state index is -0.115. The quantitative estimate of drug-likeness (QED) is 0.459. The minimum Gasteiger partial charge on any atom is -0.354 e. The van der Waals surface area contributed by atoms with Crippen LogP contribution in [0.25, 0.3) is 11.3 Å². The number of nitrogens with one attached hydrogen (secondary N) is 1. The van der Waals surface area contributed by atoms with Gasteiger partial charge in [0, 0.05) is 43.4 Å². The molecule has 3 heterocycles. The summed E-state index contributed by atoms with van der Waals surface area (Å²) in [6.07, 6.45) is 2.70. The molecule has 0 atom stereocenters. The van der Waals surface area contributed by atoms with Gasteiger partial charge >= 0.3 is 0 Å². The van der Waals surface area contributed by atoms with Crippen LogP contribution in [0, 0.1) is 0 Å². The van der Waals surface area contributed by atoms with Crippen molar-refractivity contribution >= 4 is 34.1 Å². The molecular weight excluding hydrogens is 404 g/mol. The highest BCUT2D eigenvalue weighted by molar-refractivity contribution is 7.99. The molecular formula is C20H20N6OS2. The van der Waals surface area contributed by atoms with E-state index < -0.39 is 0 Å². The highest BCUT2D eigenvalue weighted by Crippen LogP contribution is 2.25. The van der Waals surface area contributed by atoms with Gasteiger partial charge in [0.15, 0.2) is 10.3 Å². The van der Waals surface area contributed by atoms with Crippen LogP contribution >= 0.6 is 23.1 Å². The second-order valence-corrected chi connectivity index (χ2v) is 8.29. The molecule has 29 heavy (non-hydrogen) atoms. The normalized spacial score (nSPS) is 11.0. The third-order valence-electron chi connectivity index (χ3n) is 4.47. The molecule has 0 aliphatic heterocycles. The van der Waals surface area contributed by atoms with Crippen LogP contribution in [0.1, 0.15) is 11.5 Å². The number of benzene rings is 1. The fourth-order valence-electron chi connectivity index (χ4n) is 2.82. The van der Waals surface area contributed by atoms with Crippen molar-refractivity contribution in [1.29, 1.82) is 0 Å². The van der Waals surface area contributed by atoms with Crippen LogP contribution in [0.2, 0.25) is 0 Å². The zero-order valence-electron chi connectivity index (χ0n) is 16.1. The van der Waals surface area contributed by atoms with E-state index in [2.05, 4.69) is 31.1 Å². The Hall–Kier alpha value is -2.91. The number of aryl methyl sites for hydroxylation is 1. The van der Waals surface area contributed by atoms with Gasteiger partial charge in [-0.25, -0.2) is 4.98 Å². The zero-order valence-corrected chi connectivity index (χ0v) is 17.7. The molecule has 4 rings (SSSR count). The molecule has 0 saturated heterocycles. The van der Waals surface area contributed by atoms with Gasteiger partial charge in [0.2, 0.25) is 5.91 Å². The summed E-state index contributed by atoms with van der Waals surface area (Å²) in [7, 11) is 3.93. The van der Waals surface area contributed by atoms with Crippen LogP contribution in [-0.2, 0) is 25.3 Å². The van der Waals surface area contributed by atoms with Crippen molar-refractivity contribution in [2.75, 3.05) is 11.1 Å². The average Bonchev–Trinajstić information content (AvgIpc) is 3.44. The molecule has 7 nitrogen and oxygen atoms in total. The van der Waals surface area contributed by atoms with E-state index in [0.29, 0.717) is 16.7 Å². The first kappa shape index (κ1) is 19.4. The van der Waals surface area contributed by atoms with E-state index in [1.165, 1.54) is 23.1 Å². The summed E-state index contributed by atoms with van der Waals surface area (Å²) in [6, 6.07) is 14.0. The van der Waals surface area contributed by atoms with Gasteiger partial charge in [-0.15, -0.1) is 21.5 Å². The molecule has 0 aliphatic carbocycles. The predicted octanol–water partition coefficient (Wildman–Crippen LogP) is 3.60. The molecule has 1 amide bonds.